The Morgan fingerprint density at radius 1 is 1.56 bits per heavy atom. The Balaban J connectivity index is 2.35. The number of amides is 1. The topological polar surface area (TPSA) is 40.5 Å². The van der Waals surface area contributed by atoms with E-state index in [0.717, 1.165) is 15.7 Å². The van der Waals surface area contributed by atoms with Crippen molar-refractivity contribution in [1.82, 2.24) is 0 Å². The molecule has 1 N–H and O–H groups in total. The average molecular weight is 305 g/mol. The summed E-state index contributed by atoms with van der Waals surface area (Å²) in [6.07, 6.45) is 0.372. The van der Waals surface area contributed by atoms with Gasteiger partial charge in [0.15, 0.2) is 0 Å². The molecule has 1 unspecified atom stereocenters. The molecular formula is C11H11BrClNO2. The second-order valence-electron chi connectivity index (χ2n) is 3.75. The molecule has 0 radical (unpaired) electrons. The van der Waals surface area contributed by atoms with E-state index >= 15 is 0 Å². The fraction of sp³-hybridized carbons (Fsp3) is 0.364. The SMILES string of the molecule is O=C1CC(Cl)CN1c1cc(CO)ccc1Br. The molecule has 86 valence electrons. The van der Waals surface area contributed by atoms with Crippen molar-refractivity contribution in [2.75, 3.05) is 11.4 Å². The number of aliphatic hydroxyl groups excluding tert-OH is 1. The second-order valence-corrected chi connectivity index (χ2v) is 5.22. The summed E-state index contributed by atoms with van der Waals surface area (Å²) >= 11 is 9.35. The van der Waals surface area contributed by atoms with Crippen molar-refractivity contribution in [2.45, 2.75) is 18.4 Å². The summed E-state index contributed by atoms with van der Waals surface area (Å²) in [4.78, 5) is 13.3. The molecule has 1 aromatic rings. The monoisotopic (exact) mass is 303 g/mol. The first-order valence-corrected chi connectivity index (χ1v) is 6.18. The molecule has 1 saturated heterocycles. The van der Waals surface area contributed by atoms with Crippen molar-refractivity contribution in [1.29, 1.82) is 0 Å². The predicted molar refractivity (Wildman–Crippen MR) is 66.7 cm³/mol. The van der Waals surface area contributed by atoms with Gasteiger partial charge in [-0.2, -0.15) is 0 Å². The van der Waals surface area contributed by atoms with Gasteiger partial charge in [-0.25, -0.2) is 0 Å². The lowest BCUT2D eigenvalue weighted by Crippen LogP contribution is -2.25. The average Bonchev–Trinajstić information content (AvgIpc) is 2.58. The fourth-order valence-electron chi connectivity index (χ4n) is 1.76. The number of benzene rings is 1. The van der Waals surface area contributed by atoms with Gasteiger partial charge in [0.2, 0.25) is 5.91 Å². The van der Waals surface area contributed by atoms with Crippen LogP contribution >= 0.6 is 27.5 Å². The largest absolute Gasteiger partial charge is 0.392 e. The zero-order chi connectivity index (χ0) is 11.7. The van der Waals surface area contributed by atoms with Crippen molar-refractivity contribution < 1.29 is 9.90 Å². The van der Waals surface area contributed by atoms with Crippen LogP contribution in [-0.4, -0.2) is 22.9 Å². The summed E-state index contributed by atoms with van der Waals surface area (Å²) in [5.74, 6) is 0.0239. The Morgan fingerprint density at radius 2 is 2.31 bits per heavy atom. The number of rotatable bonds is 2. The minimum absolute atomic E-state index is 0.0239. The minimum atomic E-state index is -0.128. The highest BCUT2D eigenvalue weighted by Crippen LogP contribution is 2.31. The molecule has 1 amide bonds. The summed E-state index contributed by atoms with van der Waals surface area (Å²) in [5, 5.41) is 8.94. The summed E-state index contributed by atoms with van der Waals surface area (Å²) < 4.78 is 0.837. The first-order valence-electron chi connectivity index (χ1n) is 4.95. The van der Waals surface area contributed by atoms with Gasteiger partial charge in [0.1, 0.15) is 0 Å². The molecule has 0 aliphatic carbocycles. The fourth-order valence-corrected chi connectivity index (χ4v) is 2.49. The molecule has 1 aliphatic rings. The Hall–Kier alpha value is -0.580. The minimum Gasteiger partial charge on any atom is -0.392 e. The molecule has 0 bridgehead atoms. The molecule has 1 atom stereocenters. The van der Waals surface area contributed by atoms with E-state index in [4.69, 9.17) is 16.7 Å². The quantitative estimate of drug-likeness (QED) is 0.852. The number of aliphatic hydroxyl groups is 1. The van der Waals surface area contributed by atoms with Crippen molar-refractivity contribution in [3.05, 3.63) is 28.2 Å². The van der Waals surface area contributed by atoms with E-state index in [0.29, 0.717) is 13.0 Å². The van der Waals surface area contributed by atoms with Gasteiger partial charge in [0, 0.05) is 17.4 Å². The van der Waals surface area contributed by atoms with Gasteiger partial charge in [-0.15, -0.1) is 11.6 Å². The smallest absolute Gasteiger partial charge is 0.228 e. The van der Waals surface area contributed by atoms with Crippen molar-refractivity contribution >= 4 is 39.1 Å². The van der Waals surface area contributed by atoms with E-state index in [1.807, 2.05) is 12.1 Å². The number of hydrogen-bond donors (Lipinski definition) is 1. The van der Waals surface area contributed by atoms with Gasteiger partial charge in [0.05, 0.1) is 17.7 Å². The molecule has 5 heteroatoms. The van der Waals surface area contributed by atoms with E-state index in [1.165, 1.54) is 0 Å². The molecular weight excluding hydrogens is 293 g/mol. The molecule has 1 fully saturated rings. The molecule has 1 heterocycles. The summed E-state index contributed by atoms with van der Waals surface area (Å²) in [5.41, 5.74) is 1.56. The number of nitrogens with zero attached hydrogens (tertiary/aromatic N) is 1. The van der Waals surface area contributed by atoms with Crippen LogP contribution in [0.3, 0.4) is 0 Å². The van der Waals surface area contributed by atoms with E-state index in [2.05, 4.69) is 15.9 Å². The van der Waals surface area contributed by atoms with Crippen LogP contribution in [-0.2, 0) is 11.4 Å². The second kappa shape index (κ2) is 4.73. The Labute approximate surface area is 107 Å². The van der Waals surface area contributed by atoms with Crippen molar-refractivity contribution in [2.24, 2.45) is 0 Å². The highest BCUT2D eigenvalue weighted by atomic mass is 79.9. The number of carbonyl (C=O) groups is 1. The van der Waals surface area contributed by atoms with Crippen LogP contribution in [0.15, 0.2) is 22.7 Å². The van der Waals surface area contributed by atoms with Crippen LogP contribution in [0.25, 0.3) is 0 Å². The van der Waals surface area contributed by atoms with Crippen LogP contribution in [0.2, 0.25) is 0 Å². The van der Waals surface area contributed by atoms with Gasteiger partial charge >= 0.3 is 0 Å². The Bertz CT molecular complexity index is 424. The van der Waals surface area contributed by atoms with Gasteiger partial charge in [0.25, 0.3) is 0 Å². The maximum Gasteiger partial charge on any atom is 0.228 e. The van der Waals surface area contributed by atoms with Crippen LogP contribution in [0.1, 0.15) is 12.0 Å². The molecule has 2 rings (SSSR count). The standard InChI is InChI=1S/C11H11BrClNO2/c12-9-2-1-7(6-15)3-10(9)14-5-8(13)4-11(14)16/h1-3,8,15H,4-6H2. The maximum atomic E-state index is 11.7. The zero-order valence-corrected chi connectivity index (χ0v) is 10.8. The molecule has 0 aromatic heterocycles. The summed E-state index contributed by atoms with van der Waals surface area (Å²) in [6.45, 7) is 0.487. The van der Waals surface area contributed by atoms with Crippen molar-refractivity contribution in [3.63, 3.8) is 0 Å². The van der Waals surface area contributed by atoms with Crippen molar-refractivity contribution in [3.8, 4) is 0 Å². The number of carbonyl (C=O) groups excluding carboxylic acids is 1. The third kappa shape index (κ3) is 2.24. The van der Waals surface area contributed by atoms with Gasteiger partial charge in [-0.3, -0.25) is 4.79 Å². The predicted octanol–water partition coefficient (Wildman–Crippen LogP) is 2.29. The number of halogens is 2. The summed E-state index contributed by atoms with van der Waals surface area (Å²) in [7, 11) is 0. The number of hydrogen-bond acceptors (Lipinski definition) is 2. The third-order valence-corrected chi connectivity index (χ3v) is 3.52. The molecule has 1 aliphatic heterocycles. The molecule has 0 spiro atoms. The third-order valence-electron chi connectivity index (χ3n) is 2.56. The lowest BCUT2D eigenvalue weighted by Gasteiger charge is -2.18. The maximum absolute atomic E-state index is 11.7. The van der Waals surface area contributed by atoms with Crippen LogP contribution < -0.4 is 4.90 Å². The Morgan fingerprint density at radius 3 is 2.88 bits per heavy atom. The van der Waals surface area contributed by atoms with E-state index in [-0.39, 0.29) is 17.9 Å². The highest BCUT2D eigenvalue weighted by molar-refractivity contribution is 9.10. The van der Waals surface area contributed by atoms with Gasteiger partial charge in [-0.1, -0.05) is 6.07 Å². The lowest BCUT2D eigenvalue weighted by atomic mass is 10.2. The first-order chi connectivity index (χ1) is 7.61. The number of alkyl halides is 1. The van der Waals surface area contributed by atoms with Crippen LogP contribution in [0, 0.1) is 0 Å². The van der Waals surface area contributed by atoms with E-state index in [9.17, 15) is 4.79 Å². The lowest BCUT2D eigenvalue weighted by molar-refractivity contribution is -0.117. The van der Waals surface area contributed by atoms with Crippen LogP contribution in [0.4, 0.5) is 5.69 Å². The first kappa shape index (κ1) is 11.9. The van der Waals surface area contributed by atoms with Gasteiger partial charge < -0.3 is 10.0 Å². The van der Waals surface area contributed by atoms with Gasteiger partial charge in [-0.05, 0) is 33.6 Å². The molecule has 3 nitrogen and oxygen atoms in total. The molecule has 0 saturated carbocycles. The van der Waals surface area contributed by atoms with E-state index < -0.39 is 0 Å². The Kier molecular flexibility index (Phi) is 3.52. The molecule has 16 heavy (non-hydrogen) atoms. The normalized spacial score (nSPS) is 20.6. The number of anilines is 1. The van der Waals surface area contributed by atoms with E-state index in [1.54, 1.807) is 11.0 Å². The summed E-state index contributed by atoms with van der Waals surface area (Å²) in [6, 6.07) is 5.44. The molecule has 1 aromatic carbocycles. The van der Waals surface area contributed by atoms with Crippen LogP contribution in [0.5, 0.6) is 0 Å². The zero-order valence-electron chi connectivity index (χ0n) is 8.49. The highest BCUT2D eigenvalue weighted by Gasteiger charge is 2.30.